The first-order chi connectivity index (χ1) is 20.2. The molecular weight excluding hydrogens is 547 g/mol. The van der Waals surface area contributed by atoms with Gasteiger partial charge in [-0.1, -0.05) is 48.5 Å². The third kappa shape index (κ3) is 6.28. The van der Waals surface area contributed by atoms with E-state index in [9.17, 15) is 18.0 Å². The van der Waals surface area contributed by atoms with E-state index in [2.05, 4.69) is 9.80 Å². The third-order valence-corrected chi connectivity index (χ3v) is 8.07. The van der Waals surface area contributed by atoms with Gasteiger partial charge < -0.3 is 24.4 Å². The SMILES string of the molecule is COc1ccc(N2CCN(CCCCC3(OC(=O)NCC(F)(F)F)c4ccccc4-c4ccccc43)CC2)c(OC)c1. The lowest BCUT2D eigenvalue weighted by molar-refractivity contribution is -0.124. The van der Waals surface area contributed by atoms with Crippen LogP contribution in [0.5, 0.6) is 11.5 Å². The molecule has 7 nitrogen and oxygen atoms in total. The van der Waals surface area contributed by atoms with Crippen molar-refractivity contribution >= 4 is 11.8 Å². The van der Waals surface area contributed by atoms with E-state index in [1.807, 2.05) is 72.0 Å². The quantitative estimate of drug-likeness (QED) is 0.287. The number of methoxy groups -OCH3 is 2. The summed E-state index contributed by atoms with van der Waals surface area (Å²) in [4.78, 5) is 17.4. The number of alkyl halides is 3. The van der Waals surface area contributed by atoms with Crippen LogP contribution in [0, 0.1) is 0 Å². The smallest absolute Gasteiger partial charge is 0.408 e. The Kier molecular flexibility index (Phi) is 8.82. The first-order valence-electron chi connectivity index (χ1n) is 14.2. The van der Waals surface area contributed by atoms with Crippen molar-refractivity contribution in [1.82, 2.24) is 10.2 Å². The highest BCUT2D eigenvalue weighted by molar-refractivity contribution is 5.82. The van der Waals surface area contributed by atoms with Crippen molar-refractivity contribution in [3.8, 4) is 22.6 Å². The fourth-order valence-corrected chi connectivity index (χ4v) is 6.05. The number of carbonyl (C=O) groups is 1. The van der Waals surface area contributed by atoms with Crippen LogP contribution in [0.15, 0.2) is 66.7 Å². The monoisotopic (exact) mass is 583 g/mol. The number of anilines is 1. The Balaban J connectivity index is 1.24. The molecule has 1 aliphatic heterocycles. The van der Waals surface area contributed by atoms with Crippen molar-refractivity contribution < 1.29 is 32.2 Å². The van der Waals surface area contributed by atoms with Gasteiger partial charge >= 0.3 is 12.3 Å². The fraction of sp³-hybridized carbons (Fsp3) is 0.406. The van der Waals surface area contributed by atoms with Gasteiger partial charge in [0, 0.05) is 43.4 Å². The zero-order chi connectivity index (χ0) is 29.7. The Hall–Kier alpha value is -3.92. The summed E-state index contributed by atoms with van der Waals surface area (Å²) in [6.07, 6.45) is -3.57. The minimum absolute atomic E-state index is 0.462. The number of rotatable bonds is 10. The van der Waals surface area contributed by atoms with Crippen LogP contribution in [-0.2, 0) is 10.3 Å². The second-order valence-electron chi connectivity index (χ2n) is 10.6. The van der Waals surface area contributed by atoms with Crippen LogP contribution in [0.3, 0.4) is 0 Å². The van der Waals surface area contributed by atoms with E-state index in [0.29, 0.717) is 6.42 Å². The normalized spacial score (nSPS) is 16.0. The molecule has 5 rings (SSSR count). The standard InChI is InChI=1S/C32H36F3N3O4/c1-40-23-13-14-28(29(21-23)41-2)38-19-17-37(18-20-38)16-8-7-15-31(42-30(39)36-22-32(33,34)35)26-11-5-3-9-24(26)25-10-4-6-12-27(25)31/h3-6,9-14,21H,7-8,15-20,22H2,1-2H3,(H,36,39). The summed E-state index contributed by atoms with van der Waals surface area (Å²) in [7, 11) is 3.29. The molecule has 42 heavy (non-hydrogen) atoms. The number of hydrogen-bond donors (Lipinski definition) is 1. The summed E-state index contributed by atoms with van der Waals surface area (Å²) in [5.41, 5.74) is 3.35. The Morgan fingerprint density at radius 1 is 0.881 bits per heavy atom. The van der Waals surface area contributed by atoms with E-state index < -0.39 is 24.4 Å². The number of ether oxygens (including phenoxy) is 3. The number of carbonyl (C=O) groups excluding carboxylic acids is 1. The number of nitrogens with one attached hydrogen (secondary N) is 1. The van der Waals surface area contributed by atoms with Crippen LogP contribution in [-0.4, -0.2) is 70.7 Å². The molecule has 0 radical (unpaired) electrons. The molecule has 3 aromatic rings. The van der Waals surface area contributed by atoms with Gasteiger partial charge in [0.1, 0.15) is 18.0 Å². The van der Waals surface area contributed by atoms with Gasteiger partial charge in [0.2, 0.25) is 0 Å². The summed E-state index contributed by atoms with van der Waals surface area (Å²) >= 11 is 0. The first-order valence-corrected chi connectivity index (χ1v) is 14.2. The van der Waals surface area contributed by atoms with E-state index in [1.54, 1.807) is 14.2 Å². The second-order valence-corrected chi connectivity index (χ2v) is 10.6. The molecule has 0 unspecified atom stereocenters. The Bertz CT molecular complexity index is 1340. The third-order valence-electron chi connectivity index (χ3n) is 8.07. The number of unbranched alkanes of at least 4 members (excludes halogenated alkanes) is 1. The number of alkyl carbamates (subject to hydrolysis) is 1. The van der Waals surface area contributed by atoms with Crippen molar-refractivity contribution in [2.75, 3.05) is 58.4 Å². The van der Waals surface area contributed by atoms with Crippen LogP contribution in [0.4, 0.5) is 23.7 Å². The van der Waals surface area contributed by atoms with Gasteiger partial charge in [0.25, 0.3) is 0 Å². The van der Waals surface area contributed by atoms with Gasteiger partial charge in [0.15, 0.2) is 5.60 Å². The van der Waals surface area contributed by atoms with E-state index >= 15 is 0 Å². The highest BCUT2D eigenvalue weighted by Crippen LogP contribution is 2.52. The molecule has 0 bridgehead atoms. The number of hydrogen-bond acceptors (Lipinski definition) is 6. The van der Waals surface area contributed by atoms with E-state index in [0.717, 1.165) is 85.0 Å². The Morgan fingerprint density at radius 2 is 1.52 bits per heavy atom. The molecule has 0 saturated carbocycles. The topological polar surface area (TPSA) is 63.3 Å². The molecule has 1 saturated heterocycles. The van der Waals surface area contributed by atoms with Crippen molar-refractivity contribution in [1.29, 1.82) is 0 Å². The van der Waals surface area contributed by atoms with Gasteiger partial charge in [-0.3, -0.25) is 4.90 Å². The number of fused-ring (bicyclic) bond motifs is 3. The number of benzene rings is 3. The predicted molar refractivity (Wildman–Crippen MR) is 155 cm³/mol. The van der Waals surface area contributed by atoms with Crippen molar-refractivity contribution in [2.24, 2.45) is 0 Å². The minimum atomic E-state index is -4.53. The molecule has 0 atom stereocenters. The summed E-state index contributed by atoms with van der Waals surface area (Å²) in [6, 6.07) is 21.1. The summed E-state index contributed by atoms with van der Waals surface area (Å²) < 4.78 is 55.3. The molecule has 2 aliphatic rings. The molecule has 1 fully saturated rings. The van der Waals surface area contributed by atoms with Gasteiger partial charge in [-0.25, -0.2) is 4.79 Å². The lowest BCUT2D eigenvalue weighted by atomic mass is 9.86. The summed E-state index contributed by atoms with van der Waals surface area (Å²) in [6.45, 7) is 2.92. The zero-order valence-corrected chi connectivity index (χ0v) is 23.9. The maximum absolute atomic E-state index is 12.8. The average molecular weight is 584 g/mol. The van der Waals surface area contributed by atoms with Gasteiger partial charge in [-0.2, -0.15) is 13.2 Å². The molecule has 224 valence electrons. The highest BCUT2D eigenvalue weighted by Gasteiger charge is 2.46. The molecule has 1 amide bonds. The number of amides is 1. The van der Waals surface area contributed by atoms with E-state index in [4.69, 9.17) is 14.2 Å². The Labute approximate surface area is 244 Å². The lowest BCUT2D eigenvalue weighted by Crippen LogP contribution is -2.46. The molecule has 1 heterocycles. The number of piperazine rings is 1. The van der Waals surface area contributed by atoms with Crippen molar-refractivity contribution in [3.05, 3.63) is 77.9 Å². The maximum Gasteiger partial charge on any atom is 0.408 e. The summed E-state index contributed by atoms with van der Waals surface area (Å²) in [5, 5.41) is 1.90. The molecular formula is C32H36F3N3O4. The van der Waals surface area contributed by atoms with Crippen LogP contribution in [0.1, 0.15) is 30.4 Å². The Morgan fingerprint density at radius 3 is 2.12 bits per heavy atom. The van der Waals surface area contributed by atoms with Gasteiger partial charge in [0.05, 0.1) is 19.9 Å². The van der Waals surface area contributed by atoms with E-state index in [-0.39, 0.29) is 0 Å². The minimum Gasteiger partial charge on any atom is -0.497 e. The maximum atomic E-state index is 12.8. The van der Waals surface area contributed by atoms with Crippen LogP contribution in [0.2, 0.25) is 0 Å². The number of nitrogens with zero attached hydrogens (tertiary/aromatic N) is 2. The van der Waals surface area contributed by atoms with Crippen molar-refractivity contribution in [2.45, 2.75) is 31.0 Å². The van der Waals surface area contributed by atoms with E-state index in [1.165, 1.54) is 0 Å². The lowest BCUT2D eigenvalue weighted by Gasteiger charge is -2.37. The van der Waals surface area contributed by atoms with Crippen molar-refractivity contribution in [3.63, 3.8) is 0 Å². The highest BCUT2D eigenvalue weighted by atomic mass is 19.4. The molecule has 3 aromatic carbocycles. The summed E-state index contributed by atoms with van der Waals surface area (Å²) in [5.74, 6) is 1.53. The van der Waals surface area contributed by atoms with Gasteiger partial charge in [-0.15, -0.1) is 0 Å². The first kappa shape index (κ1) is 29.6. The van der Waals surface area contributed by atoms with Crippen LogP contribution < -0.4 is 19.7 Å². The molecule has 10 heteroatoms. The second kappa shape index (κ2) is 12.5. The molecule has 0 spiro atoms. The zero-order valence-electron chi connectivity index (χ0n) is 23.9. The average Bonchev–Trinajstić information content (AvgIpc) is 3.27. The van der Waals surface area contributed by atoms with Crippen LogP contribution in [0.25, 0.3) is 11.1 Å². The molecule has 1 aliphatic carbocycles. The number of halogens is 3. The van der Waals surface area contributed by atoms with Crippen LogP contribution >= 0.6 is 0 Å². The molecule has 1 N–H and O–H groups in total. The molecule has 0 aromatic heterocycles. The van der Waals surface area contributed by atoms with Gasteiger partial charge in [-0.05, 0) is 49.1 Å². The largest absolute Gasteiger partial charge is 0.497 e. The fourth-order valence-electron chi connectivity index (χ4n) is 6.05. The predicted octanol–water partition coefficient (Wildman–Crippen LogP) is 6.21.